The van der Waals surface area contributed by atoms with Gasteiger partial charge >= 0.3 is 0 Å². The van der Waals surface area contributed by atoms with Crippen molar-refractivity contribution in [2.45, 2.75) is 13.2 Å². The first-order chi connectivity index (χ1) is 19.4. The highest BCUT2D eigenvalue weighted by Crippen LogP contribution is 2.28. The van der Waals surface area contributed by atoms with Gasteiger partial charge in [0.25, 0.3) is 5.91 Å². The third-order valence-corrected chi connectivity index (χ3v) is 6.85. The summed E-state index contributed by atoms with van der Waals surface area (Å²) in [7, 11) is 0. The molecule has 3 heterocycles. The molecule has 16 heteroatoms. The summed E-state index contributed by atoms with van der Waals surface area (Å²) in [6, 6.07) is 10.2. The van der Waals surface area contributed by atoms with Crippen LogP contribution >= 0.6 is 34.8 Å². The fourth-order valence-electron chi connectivity index (χ4n) is 3.89. The Morgan fingerprint density at radius 1 is 1.15 bits per heavy atom. The van der Waals surface area contributed by atoms with Gasteiger partial charge in [-0.3, -0.25) is 9.69 Å². The molecule has 0 unspecified atom stereocenters. The number of halogens is 3. The van der Waals surface area contributed by atoms with Crippen LogP contribution in [0.1, 0.15) is 27.3 Å². The van der Waals surface area contributed by atoms with Crippen LogP contribution in [0, 0.1) is 0 Å². The van der Waals surface area contributed by atoms with Crippen LogP contribution in [0.15, 0.2) is 46.1 Å². The van der Waals surface area contributed by atoms with Crippen molar-refractivity contribution in [3.63, 3.8) is 0 Å². The topological polar surface area (TPSA) is 159 Å². The summed E-state index contributed by atoms with van der Waals surface area (Å²) in [6.07, 6.45) is 1.40. The molecular weight excluding hydrogens is 585 g/mol. The number of morpholine rings is 1. The molecule has 2 aromatic carbocycles. The van der Waals surface area contributed by atoms with E-state index in [1.165, 1.54) is 6.21 Å². The van der Waals surface area contributed by atoms with Crippen molar-refractivity contribution in [3.8, 4) is 11.6 Å². The van der Waals surface area contributed by atoms with Crippen LogP contribution in [0.5, 0.6) is 5.75 Å². The standard InChI is InChI=1S/C24H22Cl3N9O4/c25-15-4-5-20(39-13-16-17(26)2-1-3-18(16)27)14(10-15)11-29-31-24(37)21-19(12-35-6-8-38-9-7-35)30-34-36(21)23-22(28)32-40-33-23/h1-5,10-11H,6-9,12-13H2,(H2,28,32)(H,31,37). The number of hydrazone groups is 1. The fraction of sp³-hybridized carbons (Fsp3) is 0.250. The van der Waals surface area contributed by atoms with Gasteiger partial charge in [-0.05, 0) is 40.6 Å². The number of aromatic nitrogens is 5. The highest BCUT2D eigenvalue weighted by Gasteiger charge is 2.26. The maximum absolute atomic E-state index is 13.3. The number of nitrogens with two attached hydrogens (primary N) is 1. The zero-order valence-electron chi connectivity index (χ0n) is 20.8. The summed E-state index contributed by atoms with van der Waals surface area (Å²) in [5.74, 6) is -0.197. The number of amides is 1. The van der Waals surface area contributed by atoms with Crippen LogP contribution in [0.2, 0.25) is 15.1 Å². The van der Waals surface area contributed by atoms with Gasteiger partial charge in [-0.1, -0.05) is 46.1 Å². The molecule has 0 spiro atoms. The molecule has 0 radical (unpaired) electrons. The van der Waals surface area contributed by atoms with Crippen LogP contribution in [0.4, 0.5) is 5.82 Å². The van der Waals surface area contributed by atoms with Gasteiger partial charge in [-0.15, -0.1) is 5.10 Å². The molecule has 0 saturated carbocycles. The molecule has 5 rings (SSSR count). The number of hydrogen-bond donors (Lipinski definition) is 2. The average molecular weight is 607 g/mol. The van der Waals surface area contributed by atoms with Crippen molar-refractivity contribution in [2.75, 3.05) is 32.0 Å². The Bertz CT molecular complexity index is 1520. The largest absolute Gasteiger partial charge is 0.488 e. The van der Waals surface area contributed by atoms with E-state index in [1.807, 2.05) is 0 Å². The SMILES string of the molecule is Nc1nonc1-n1nnc(CN2CCOCC2)c1C(=O)NN=Cc1cc(Cl)ccc1OCc1c(Cl)cccc1Cl. The van der Waals surface area contributed by atoms with Crippen molar-refractivity contribution in [3.05, 3.63) is 74.0 Å². The van der Waals surface area contributed by atoms with Crippen LogP contribution in [0.3, 0.4) is 0 Å². The molecule has 1 aliphatic rings. The second kappa shape index (κ2) is 12.6. The molecule has 0 atom stereocenters. The lowest BCUT2D eigenvalue weighted by molar-refractivity contribution is 0.0335. The van der Waals surface area contributed by atoms with Gasteiger partial charge in [-0.2, -0.15) is 9.78 Å². The van der Waals surface area contributed by atoms with E-state index in [0.29, 0.717) is 70.5 Å². The summed E-state index contributed by atoms with van der Waals surface area (Å²) in [5, 5.41) is 21.1. The Kier molecular flexibility index (Phi) is 8.77. The van der Waals surface area contributed by atoms with E-state index in [-0.39, 0.29) is 23.9 Å². The van der Waals surface area contributed by atoms with Crippen molar-refractivity contribution in [1.82, 2.24) is 35.6 Å². The van der Waals surface area contributed by atoms with Gasteiger partial charge in [0.05, 0.1) is 19.4 Å². The summed E-state index contributed by atoms with van der Waals surface area (Å²) in [5.41, 5.74) is 9.93. The monoisotopic (exact) mass is 605 g/mol. The average Bonchev–Trinajstić information content (AvgIpc) is 3.55. The molecule has 4 aromatic rings. The second-order valence-corrected chi connectivity index (χ2v) is 9.78. The molecule has 1 amide bonds. The summed E-state index contributed by atoms with van der Waals surface area (Å²) in [6.45, 7) is 2.96. The van der Waals surface area contributed by atoms with E-state index in [9.17, 15) is 4.79 Å². The molecule has 3 N–H and O–H groups in total. The predicted molar refractivity (Wildman–Crippen MR) is 147 cm³/mol. The second-order valence-electron chi connectivity index (χ2n) is 8.53. The Balaban J connectivity index is 1.36. The number of hydrogen-bond acceptors (Lipinski definition) is 11. The van der Waals surface area contributed by atoms with Gasteiger partial charge in [0.15, 0.2) is 5.69 Å². The van der Waals surface area contributed by atoms with Gasteiger partial charge in [0.2, 0.25) is 11.6 Å². The number of nitrogen functional groups attached to an aromatic ring is 1. The summed E-state index contributed by atoms with van der Waals surface area (Å²) in [4.78, 5) is 15.4. The van der Waals surface area contributed by atoms with E-state index < -0.39 is 5.91 Å². The molecule has 0 aliphatic carbocycles. The van der Waals surface area contributed by atoms with Crippen LogP contribution in [-0.2, 0) is 17.9 Å². The fourth-order valence-corrected chi connectivity index (χ4v) is 4.58. The molecule has 2 aromatic heterocycles. The minimum atomic E-state index is -0.612. The molecule has 0 bridgehead atoms. The minimum Gasteiger partial charge on any atom is -0.488 e. The van der Waals surface area contributed by atoms with E-state index in [0.717, 1.165) is 4.68 Å². The molecule has 1 saturated heterocycles. The van der Waals surface area contributed by atoms with Crippen molar-refractivity contribution >= 4 is 52.7 Å². The third kappa shape index (κ3) is 6.35. The molecule has 1 fully saturated rings. The molecular formula is C24H22Cl3N9O4. The highest BCUT2D eigenvalue weighted by molar-refractivity contribution is 6.36. The normalized spacial score (nSPS) is 14.1. The van der Waals surface area contributed by atoms with Gasteiger partial charge < -0.3 is 15.2 Å². The number of carbonyl (C=O) groups excluding carboxylic acids is 1. The number of carbonyl (C=O) groups is 1. The van der Waals surface area contributed by atoms with Crippen LogP contribution < -0.4 is 15.9 Å². The zero-order chi connectivity index (χ0) is 28.1. The lowest BCUT2D eigenvalue weighted by Gasteiger charge is -2.25. The zero-order valence-corrected chi connectivity index (χ0v) is 23.0. The van der Waals surface area contributed by atoms with E-state index >= 15 is 0 Å². The number of nitrogens with one attached hydrogen (secondary N) is 1. The Morgan fingerprint density at radius 2 is 1.93 bits per heavy atom. The van der Waals surface area contributed by atoms with Gasteiger partial charge in [-0.25, -0.2) is 10.1 Å². The summed E-state index contributed by atoms with van der Waals surface area (Å²) >= 11 is 18.7. The Hall–Kier alpha value is -3.75. The first-order valence-electron chi connectivity index (χ1n) is 11.9. The lowest BCUT2D eigenvalue weighted by atomic mass is 10.2. The molecule has 208 valence electrons. The minimum absolute atomic E-state index is 0.0265. The first kappa shape index (κ1) is 27.8. The summed E-state index contributed by atoms with van der Waals surface area (Å²) < 4.78 is 17.2. The predicted octanol–water partition coefficient (Wildman–Crippen LogP) is 3.37. The number of anilines is 1. The Labute approximate surface area is 242 Å². The van der Waals surface area contributed by atoms with Gasteiger partial charge in [0.1, 0.15) is 18.1 Å². The molecule has 1 aliphatic heterocycles. The maximum Gasteiger partial charge on any atom is 0.292 e. The van der Waals surface area contributed by atoms with E-state index in [4.69, 9.17) is 50.0 Å². The number of ether oxygens (including phenoxy) is 2. The van der Waals surface area contributed by atoms with Crippen molar-refractivity contribution < 1.29 is 18.9 Å². The van der Waals surface area contributed by atoms with Crippen LogP contribution in [0.25, 0.3) is 5.82 Å². The van der Waals surface area contributed by atoms with Crippen molar-refractivity contribution in [1.29, 1.82) is 0 Å². The lowest BCUT2D eigenvalue weighted by Crippen LogP contribution is -2.36. The van der Waals surface area contributed by atoms with E-state index in [1.54, 1.807) is 36.4 Å². The van der Waals surface area contributed by atoms with Crippen LogP contribution in [-0.4, -0.2) is 68.6 Å². The highest BCUT2D eigenvalue weighted by atomic mass is 35.5. The third-order valence-electron chi connectivity index (χ3n) is 5.90. The number of nitrogens with zero attached hydrogens (tertiary/aromatic N) is 7. The smallest absolute Gasteiger partial charge is 0.292 e. The number of rotatable bonds is 9. The van der Waals surface area contributed by atoms with Crippen molar-refractivity contribution in [2.24, 2.45) is 5.10 Å². The maximum atomic E-state index is 13.3. The quantitative estimate of drug-likeness (QED) is 0.214. The van der Waals surface area contributed by atoms with Gasteiger partial charge in [0, 0.05) is 45.8 Å². The number of benzene rings is 2. The van der Waals surface area contributed by atoms with E-state index in [2.05, 4.69) is 40.7 Å². The first-order valence-corrected chi connectivity index (χ1v) is 13.1. The Morgan fingerprint density at radius 3 is 2.65 bits per heavy atom. The molecule has 40 heavy (non-hydrogen) atoms. The molecule has 13 nitrogen and oxygen atoms in total.